The van der Waals surface area contributed by atoms with Crippen molar-refractivity contribution in [1.82, 2.24) is 20.6 Å². The second kappa shape index (κ2) is 9.74. The lowest BCUT2D eigenvalue weighted by atomic mass is 9.99. The normalized spacial score (nSPS) is 15.7. The van der Waals surface area contributed by atoms with Gasteiger partial charge < -0.3 is 31.6 Å². The van der Waals surface area contributed by atoms with E-state index in [1.165, 1.54) is 12.5 Å². The molecule has 25 heavy (non-hydrogen) atoms. The first-order chi connectivity index (χ1) is 11.8. The van der Waals surface area contributed by atoms with E-state index in [4.69, 9.17) is 5.73 Å². The maximum absolute atomic E-state index is 12.2. The van der Waals surface area contributed by atoms with Gasteiger partial charge in [-0.05, 0) is 5.92 Å². The molecule has 0 radical (unpaired) electrons. The number of aromatic amines is 1. The van der Waals surface area contributed by atoms with E-state index in [9.17, 15) is 24.6 Å². The first kappa shape index (κ1) is 20.6. The van der Waals surface area contributed by atoms with Crippen molar-refractivity contribution >= 4 is 17.8 Å². The van der Waals surface area contributed by atoms with E-state index >= 15 is 0 Å². The number of rotatable bonds is 10. The predicted octanol–water partition coefficient (Wildman–Crippen LogP) is -1.63. The first-order valence-electron chi connectivity index (χ1n) is 7.97. The van der Waals surface area contributed by atoms with Gasteiger partial charge in [0.05, 0.1) is 19.0 Å². The third-order valence-corrected chi connectivity index (χ3v) is 3.92. The van der Waals surface area contributed by atoms with Crippen LogP contribution in [-0.2, 0) is 20.8 Å². The molecule has 7 N–H and O–H groups in total. The highest BCUT2D eigenvalue weighted by atomic mass is 16.4. The number of carboxylic acids is 1. The maximum atomic E-state index is 12.2. The number of carbonyl (C=O) groups is 3. The van der Waals surface area contributed by atoms with E-state index in [2.05, 4.69) is 20.6 Å². The summed E-state index contributed by atoms with van der Waals surface area (Å²) in [6, 6.07) is -3.35. The SMILES string of the molecule is CC[C@H](C)[C@H](NC(=O)[C@H](CO)NC(=O)[C@@H](N)Cc1cnc[nH]1)C(=O)O. The fourth-order valence-corrected chi connectivity index (χ4v) is 2.14. The van der Waals surface area contributed by atoms with Gasteiger partial charge in [0.15, 0.2) is 0 Å². The van der Waals surface area contributed by atoms with Crippen LogP contribution in [0.5, 0.6) is 0 Å². The summed E-state index contributed by atoms with van der Waals surface area (Å²) in [5, 5.41) is 23.2. The third-order valence-electron chi connectivity index (χ3n) is 3.92. The molecule has 0 unspecified atom stereocenters. The number of nitrogens with zero attached hydrogens (tertiary/aromatic N) is 1. The number of hydrogen-bond acceptors (Lipinski definition) is 6. The topological polar surface area (TPSA) is 170 Å². The number of aliphatic hydroxyl groups is 1. The van der Waals surface area contributed by atoms with Crippen LogP contribution >= 0.6 is 0 Å². The average molecular weight is 355 g/mol. The highest BCUT2D eigenvalue weighted by Gasteiger charge is 2.30. The molecule has 1 aromatic rings. The van der Waals surface area contributed by atoms with Gasteiger partial charge >= 0.3 is 5.97 Å². The van der Waals surface area contributed by atoms with Crippen LogP contribution in [0.1, 0.15) is 26.0 Å². The zero-order valence-electron chi connectivity index (χ0n) is 14.2. The largest absolute Gasteiger partial charge is 0.480 e. The molecule has 1 aromatic heterocycles. The molecule has 10 nitrogen and oxygen atoms in total. The summed E-state index contributed by atoms with van der Waals surface area (Å²) >= 11 is 0. The van der Waals surface area contributed by atoms with Gasteiger partial charge in [0.2, 0.25) is 11.8 Å². The number of amides is 2. The van der Waals surface area contributed by atoms with E-state index in [-0.39, 0.29) is 12.3 Å². The van der Waals surface area contributed by atoms with Crippen LogP contribution in [0.15, 0.2) is 12.5 Å². The lowest BCUT2D eigenvalue weighted by Gasteiger charge is -2.24. The number of aliphatic carboxylic acids is 1. The molecule has 0 fully saturated rings. The number of carboxylic acid groups (broad SMARTS) is 1. The number of aromatic nitrogens is 2. The Balaban J connectivity index is 2.65. The van der Waals surface area contributed by atoms with Crippen molar-refractivity contribution in [1.29, 1.82) is 0 Å². The van der Waals surface area contributed by atoms with Crippen molar-refractivity contribution in [3.63, 3.8) is 0 Å². The van der Waals surface area contributed by atoms with Crippen molar-refractivity contribution in [2.24, 2.45) is 11.7 Å². The zero-order valence-corrected chi connectivity index (χ0v) is 14.2. The number of nitrogens with two attached hydrogens (primary N) is 1. The molecule has 0 saturated carbocycles. The molecule has 0 bridgehead atoms. The Morgan fingerprint density at radius 2 is 2.00 bits per heavy atom. The molecule has 1 rings (SSSR count). The number of nitrogens with one attached hydrogen (secondary N) is 3. The molecule has 0 aliphatic rings. The Labute approximate surface area is 145 Å². The minimum Gasteiger partial charge on any atom is -0.480 e. The fraction of sp³-hybridized carbons (Fsp3) is 0.600. The third kappa shape index (κ3) is 6.16. The van der Waals surface area contributed by atoms with Crippen LogP contribution in [-0.4, -0.2) is 62.7 Å². The van der Waals surface area contributed by atoms with E-state index in [1.54, 1.807) is 13.8 Å². The van der Waals surface area contributed by atoms with Crippen LogP contribution in [0, 0.1) is 5.92 Å². The van der Waals surface area contributed by atoms with Crippen molar-refractivity contribution in [3.8, 4) is 0 Å². The van der Waals surface area contributed by atoms with Crippen molar-refractivity contribution in [2.45, 2.75) is 44.8 Å². The van der Waals surface area contributed by atoms with Crippen LogP contribution in [0.3, 0.4) is 0 Å². The highest BCUT2D eigenvalue weighted by Crippen LogP contribution is 2.08. The van der Waals surface area contributed by atoms with Crippen molar-refractivity contribution in [3.05, 3.63) is 18.2 Å². The molecular formula is C15H25N5O5. The van der Waals surface area contributed by atoms with Gasteiger partial charge in [0, 0.05) is 18.3 Å². The van der Waals surface area contributed by atoms with E-state index in [0.717, 1.165) is 0 Å². The number of hydrogen-bond donors (Lipinski definition) is 6. The second-order valence-corrected chi connectivity index (χ2v) is 5.84. The molecule has 0 aliphatic heterocycles. The summed E-state index contributed by atoms with van der Waals surface area (Å²) in [5.74, 6) is -2.91. The molecule has 0 spiro atoms. The van der Waals surface area contributed by atoms with Crippen molar-refractivity contribution < 1.29 is 24.6 Å². The summed E-state index contributed by atoms with van der Waals surface area (Å²) in [7, 11) is 0. The van der Waals surface area contributed by atoms with Gasteiger partial charge in [-0.1, -0.05) is 20.3 Å². The van der Waals surface area contributed by atoms with Gasteiger partial charge in [0.25, 0.3) is 0 Å². The van der Waals surface area contributed by atoms with Crippen LogP contribution in [0.4, 0.5) is 0 Å². The molecule has 0 aliphatic carbocycles. The minimum absolute atomic E-state index is 0.177. The Bertz CT molecular complexity index is 577. The Kier molecular flexibility index (Phi) is 8.02. The molecule has 0 saturated heterocycles. The molecule has 1 heterocycles. The van der Waals surface area contributed by atoms with Gasteiger partial charge in [-0.25, -0.2) is 9.78 Å². The van der Waals surface area contributed by atoms with Crippen LogP contribution in [0.2, 0.25) is 0 Å². The molecule has 10 heteroatoms. The number of aliphatic hydroxyl groups excluding tert-OH is 1. The maximum Gasteiger partial charge on any atom is 0.326 e. The van der Waals surface area contributed by atoms with Gasteiger partial charge in [-0.3, -0.25) is 9.59 Å². The summed E-state index contributed by atoms with van der Waals surface area (Å²) in [4.78, 5) is 42.1. The lowest BCUT2D eigenvalue weighted by Crippen LogP contribution is -2.57. The minimum atomic E-state index is -1.29. The number of imidazole rings is 1. The summed E-state index contributed by atoms with van der Waals surface area (Å²) < 4.78 is 0. The standard InChI is InChI=1S/C15H25N5O5/c1-3-8(2)12(15(24)25)20-14(23)11(6-21)19-13(22)10(16)4-9-5-17-7-18-9/h5,7-8,10-12,21H,3-4,6,16H2,1-2H3,(H,17,18)(H,19,22)(H,20,23)(H,24,25)/t8-,10-,11-,12-/m0/s1. The van der Waals surface area contributed by atoms with Crippen LogP contribution < -0.4 is 16.4 Å². The Morgan fingerprint density at radius 1 is 1.32 bits per heavy atom. The quantitative estimate of drug-likeness (QED) is 0.292. The summed E-state index contributed by atoms with van der Waals surface area (Å²) in [5.41, 5.74) is 6.41. The van der Waals surface area contributed by atoms with Crippen LogP contribution in [0.25, 0.3) is 0 Å². The monoisotopic (exact) mass is 355 g/mol. The highest BCUT2D eigenvalue weighted by molar-refractivity contribution is 5.92. The van der Waals surface area contributed by atoms with Crippen molar-refractivity contribution in [2.75, 3.05) is 6.61 Å². The average Bonchev–Trinajstić information content (AvgIpc) is 3.08. The molecule has 140 valence electrons. The molecule has 2 amide bonds. The van der Waals surface area contributed by atoms with E-state index in [0.29, 0.717) is 12.1 Å². The fourth-order valence-electron chi connectivity index (χ4n) is 2.14. The molecule has 0 aromatic carbocycles. The van der Waals surface area contributed by atoms with Gasteiger partial charge in [0.1, 0.15) is 12.1 Å². The lowest BCUT2D eigenvalue weighted by molar-refractivity contribution is -0.144. The van der Waals surface area contributed by atoms with E-state index < -0.39 is 42.5 Å². The second-order valence-electron chi connectivity index (χ2n) is 5.84. The van der Waals surface area contributed by atoms with Gasteiger partial charge in [-0.2, -0.15) is 0 Å². The Morgan fingerprint density at radius 3 is 2.48 bits per heavy atom. The number of H-pyrrole nitrogens is 1. The summed E-state index contributed by atoms with van der Waals surface area (Å²) in [6.07, 6.45) is 3.69. The summed E-state index contributed by atoms with van der Waals surface area (Å²) in [6.45, 7) is 2.81. The zero-order chi connectivity index (χ0) is 19.0. The molecule has 4 atom stereocenters. The molecular weight excluding hydrogens is 330 g/mol. The predicted molar refractivity (Wildman–Crippen MR) is 88.3 cm³/mol. The smallest absolute Gasteiger partial charge is 0.326 e. The van der Waals surface area contributed by atoms with E-state index in [1.807, 2.05) is 0 Å². The first-order valence-corrected chi connectivity index (χ1v) is 7.97. The number of carbonyl (C=O) groups excluding carboxylic acids is 2. The Hall–Kier alpha value is -2.46. The van der Waals surface area contributed by atoms with Gasteiger partial charge in [-0.15, -0.1) is 0 Å².